The van der Waals surface area contributed by atoms with Crippen LogP contribution in [0.1, 0.15) is 52.8 Å². The maximum Gasteiger partial charge on any atom is 0.338 e. The van der Waals surface area contributed by atoms with Crippen LogP contribution in [-0.4, -0.2) is 41.6 Å². The van der Waals surface area contributed by atoms with Crippen molar-refractivity contribution in [3.05, 3.63) is 108 Å². The van der Waals surface area contributed by atoms with E-state index in [-0.39, 0.29) is 19.0 Å². The zero-order valence-electron chi connectivity index (χ0n) is 24.3. The smallest absolute Gasteiger partial charge is 0.338 e. The Labute approximate surface area is 250 Å². The van der Waals surface area contributed by atoms with Crippen molar-refractivity contribution in [3.63, 3.8) is 0 Å². The van der Waals surface area contributed by atoms with E-state index >= 15 is 0 Å². The lowest BCUT2D eigenvalue weighted by Gasteiger charge is -2.24. The van der Waals surface area contributed by atoms with Gasteiger partial charge in [-0.15, -0.1) is 0 Å². The number of benzene rings is 2. The number of esters is 2. The topological polar surface area (TPSA) is 110 Å². The Bertz CT molecular complexity index is 2010. The molecule has 6 rings (SSSR count). The Morgan fingerprint density at radius 3 is 2.63 bits per heavy atom. The number of carbonyl (C=O) groups excluding carboxylic acids is 2. The van der Waals surface area contributed by atoms with E-state index < -0.39 is 18.0 Å². The molecule has 0 N–H and O–H groups in total. The van der Waals surface area contributed by atoms with Crippen molar-refractivity contribution in [3.8, 4) is 17.2 Å². The number of rotatable bonds is 6. The quantitative estimate of drug-likeness (QED) is 0.311. The van der Waals surface area contributed by atoms with Crippen molar-refractivity contribution in [1.29, 1.82) is 0 Å². The molecule has 0 fully saturated rings. The lowest BCUT2D eigenvalue weighted by Crippen LogP contribution is -2.39. The normalized spacial score (nSPS) is 15.7. The molecule has 0 saturated carbocycles. The summed E-state index contributed by atoms with van der Waals surface area (Å²) in [6.45, 7) is 7.70. The first kappa shape index (κ1) is 28.2. The molecule has 2 aliphatic rings. The number of methoxy groups -OCH3 is 1. The lowest BCUT2D eigenvalue weighted by molar-refractivity contribution is -0.139. The zero-order chi connectivity index (χ0) is 30.4. The highest BCUT2D eigenvalue weighted by Gasteiger charge is 2.34. The molecular weight excluding hydrogens is 570 g/mol. The molecule has 0 bridgehead atoms. The molecule has 11 heteroatoms. The van der Waals surface area contributed by atoms with Gasteiger partial charge in [0.2, 0.25) is 6.79 Å². The maximum atomic E-state index is 14.1. The van der Waals surface area contributed by atoms with Crippen LogP contribution < -0.4 is 24.4 Å². The predicted molar refractivity (Wildman–Crippen MR) is 160 cm³/mol. The van der Waals surface area contributed by atoms with Gasteiger partial charge >= 0.3 is 11.9 Å². The number of hydrogen-bond acceptors (Lipinski definition) is 9. The summed E-state index contributed by atoms with van der Waals surface area (Å²) in [6, 6.07) is 13.8. The minimum Gasteiger partial charge on any atom is -0.465 e. The second kappa shape index (κ2) is 11.1. The fourth-order valence-electron chi connectivity index (χ4n) is 5.55. The van der Waals surface area contributed by atoms with Crippen LogP contribution in [0.3, 0.4) is 0 Å². The minimum atomic E-state index is -0.763. The second-order valence-electron chi connectivity index (χ2n) is 10.1. The Morgan fingerprint density at radius 2 is 1.86 bits per heavy atom. The fraction of sp³-hybridized carbons (Fsp3) is 0.250. The van der Waals surface area contributed by atoms with Gasteiger partial charge in [0.05, 0.1) is 41.1 Å². The molecule has 2 aromatic carbocycles. The van der Waals surface area contributed by atoms with Crippen molar-refractivity contribution in [1.82, 2.24) is 9.13 Å². The summed E-state index contributed by atoms with van der Waals surface area (Å²) in [7, 11) is 1.35. The van der Waals surface area contributed by atoms with Gasteiger partial charge in [-0.05, 0) is 81.3 Å². The minimum absolute atomic E-state index is 0.104. The standard InChI is InChI=1S/C32H29N3O7S/c1-6-40-31(38)27-18(3)33-32-35(28(27)20-10-11-24-25(14-20)42-16-41-24)29(36)26(43-32)15-22-12-17(2)34(19(22)4)23-9-7-8-21(13-23)30(37)39-5/h7-15,28H,6,16H2,1-5H3/b26-15+/t28-/m1/s1. The van der Waals surface area contributed by atoms with Gasteiger partial charge in [0, 0.05) is 17.1 Å². The molecule has 1 atom stereocenters. The molecule has 0 unspecified atom stereocenters. The summed E-state index contributed by atoms with van der Waals surface area (Å²) >= 11 is 1.26. The van der Waals surface area contributed by atoms with Crippen molar-refractivity contribution in [2.75, 3.05) is 20.5 Å². The van der Waals surface area contributed by atoms with Gasteiger partial charge in [-0.1, -0.05) is 23.5 Å². The van der Waals surface area contributed by atoms with E-state index in [0.29, 0.717) is 43.2 Å². The van der Waals surface area contributed by atoms with Crippen molar-refractivity contribution in [2.24, 2.45) is 4.99 Å². The van der Waals surface area contributed by atoms with E-state index in [1.165, 1.54) is 18.4 Å². The molecular formula is C32H29N3O7S. The van der Waals surface area contributed by atoms with Gasteiger partial charge in [-0.3, -0.25) is 9.36 Å². The summed E-state index contributed by atoms with van der Waals surface area (Å²) < 4.78 is 25.4. The van der Waals surface area contributed by atoms with Crippen LogP contribution in [-0.2, 0) is 14.3 Å². The molecule has 0 saturated heterocycles. The molecule has 0 spiro atoms. The van der Waals surface area contributed by atoms with Crippen LogP contribution in [0.5, 0.6) is 11.5 Å². The van der Waals surface area contributed by atoms with E-state index in [1.807, 2.05) is 42.7 Å². The van der Waals surface area contributed by atoms with Gasteiger partial charge in [-0.25, -0.2) is 14.6 Å². The van der Waals surface area contributed by atoms with Gasteiger partial charge < -0.3 is 23.5 Å². The Balaban J connectivity index is 1.49. The van der Waals surface area contributed by atoms with Gasteiger partial charge in [0.15, 0.2) is 16.3 Å². The van der Waals surface area contributed by atoms with Crippen LogP contribution in [0.2, 0.25) is 0 Å². The SMILES string of the molecule is CCOC(=O)C1=C(C)N=c2s/c(=C/c3cc(C)n(-c4cccc(C(=O)OC)c4)c3C)c(=O)n2[C@@H]1c1ccc2c(c1)OCO2. The lowest BCUT2D eigenvalue weighted by atomic mass is 9.95. The molecule has 2 aromatic heterocycles. The van der Waals surface area contributed by atoms with E-state index in [1.54, 1.807) is 48.7 Å². The monoisotopic (exact) mass is 599 g/mol. The molecule has 0 radical (unpaired) electrons. The number of thiazole rings is 1. The van der Waals surface area contributed by atoms with Crippen LogP contribution in [0.15, 0.2) is 69.6 Å². The highest BCUT2D eigenvalue weighted by molar-refractivity contribution is 7.07. The summed E-state index contributed by atoms with van der Waals surface area (Å²) in [6.07, 6.45) is 1.84. The van der Waals surface area contributed by atoms with E-state index in [4.69, 9.17) is 18.9 Å². The van der Waals surface area contributed by atoms with Crippen LogP contribution >= 0.6 is 11.3 Å². The number of aromatic nitrogens is 2. The molecule has 4 aromatic rings. The number of nitrogens with zero attached hydrogens (tertiary/aromatic N) is 3. The van der Waals surface area contributed by atoms with Crippen molar-refractivity contribution < 1.29 is 28.5 Å². The Hall–Kier alpha value is -4.90. The summed E-state index contributed by atoms with van der Waals surface area (Å²) in [5, 5.41) is 0. The Morgan fingerprint density at radius 1 is 1.07 bits per heavy atom. The van der Waals surface area contributed by atoms with Gasteiger partial charge in [0.1, 0.15) is 0 Å². The number of hydrogen-bond donors (Lipinski definition) is 0. The predicted octanol–water partition coefficient (Wildman–Crippen LogP) is 3.72. The number of ether oxygens (including phenoxy) is 4. The number of aryl methyl sites for hydroxylation is 1. The largest absolute Gasteiger partial charge is 0.465 e. The summed E-state index contributed by atoms with van der Waals surface area (Å²) in [5.74, 6) is 0.196. The van der Waals surface area contributed by atoms with E-state index in [9.17, 15) is 14.4 Å². The third kappa shape index (κ3) is 4.85. The van der Waals surface area contributed by atoms with Crippen LogP contribution in [0.25, 0.3) is 11.8 Å². The van der Waals surface area contributed by atoms with E-state index in [2.05, 4.69) is 4.99 Å². The third-order valence-corrected chi connectivity index (χ3v) is 8.49. The van der Waals surface area contributed by atoms with Crippen molar-refractivity contribution >= 4 is 29.4 Å². The number of fused-ring (bicyclic) bond motifs is 2. The Kier molecular flexibility index (Phi) is 7.26. The van der Waals surface area contributed by atoms with Gasteiger partial charge in [-0.2, -0.15) is 0 Å². The zero-order valence-corrected chi connectivity index (χ0v) is 25.1. The third-order valence-electron chi connectivity index (χ3n) is 7.51. The average Bonchev–Trinajstić information content (AvgIpc) is 3.67. The number of allylic oxidation sites excluding steroid dienone is 1. The molecule has 0 aliphatic carbocycles. The first-order valence-corrected chi connectivity index (χ1v) is 14.5. The van der Waals surface area contributed by atoms with Crippen molar-refractivity contribution in [2.45, 2.75) is 33.7 Å². The second-order valence-corrected chi connectivity index (χ2v) is 11.1. The molecule has 4 heterocycles. The fourth-order valence-corrected chi connectivity index (χ4v) is 6.59. The summed E-state index contributed by atoms with van der Waals surface area (Å²) in [5.41, 5.74) is 5.08. The van der Waals surface area contributed by atoms with E-state index in [0.717, 1.165) is 22.6 Å². The maximum absolute atomic E-state index is 14.1. The average molecular weight is 600 g/mol. The highest BCUT2D eigenvalue weighted by Crippen LogP contribution is 2.38. The number of carbonyl (C=O) groups is 2. The first-order valence-electron chi connectivity index (χ1n) is 13.7. The van der Waals surface area contributed by atoms with Crippen LogP contribution in [0.4, 0.5) is 0 Å². The molecule has 220 valence electrons. The molecule has 10 nitrogen and oxygen atoms in total. The first-order chi connectivity index (χ1) is 20.7. The summed E-state index contributed by atoms with van der Waals surface area (Å²) in [4.78, 5) is 44.6. The van der Waals surface area contributed by atoms with Gasteiger partial charge in [0.25, 0.3) is 5.56 Å². The molecule has 2 aliphatic heterocycles. The highest BCUT2D eigenvalue weighted by atomic mass is 32.1. The molecule has 43 heavy (non-hydrogen) atoms. The van der Waals surface area contributed by atoms with Crippen LogP contribution in [0, 0.1) is 13.8 Å². The molecule has 0 amide bonds.